The highest BCUT2D eigenvalue weighted by Crippen LogP contribution is 2.21. The topological polar surface area (TPSA) is 249 Å². The van der Waals surface area contributed by atoms with Gasteiger partial charge in [-0.15, -0.1) is 0 Å². The van der Waals surface area contributed by atoms with Crippen molar-refractivity contribution in [3.63, 3.8) is 0 Å². The number of carboxylic acids is 1. The third kappa shape index (κ3) is 15.1. The van der Waals surface area contributed by atoms with E-state index in [1.807, 2.05) is 40.9 Å². The van der Waals surface area contributed by atoms with Crippen molar-refractivity contribution in [2.75, 3.05) is 18.6 Å². The van der Waals surface area contributed by atoms with Crippen LogP contribution in [-0.4, -0.2) is 117 Å². The number of carbonyl (C=O) groups excluding carboxylic acids is 6. The van der Waals surface area contributed by atoms with Gasteiger partial charge in [-0.2, -0.15) is 11.8 Å². The number of nitrogens with one attached hydrogen (secondary N) is 5. The van der Waals surface area contributed by atoms with Gasteiger partial charge in [0.25, 0.3) is 0 Å². The van der Waals surface area contributed by atoms with Crippen LogP contribution in [0.1, 0.15) is 93.1 Å². The van der Waals surface area contributed by atoms with E-state index in [0.29, 0.717) is 37.1 Å². The standard InChI is InChI=1S/C41H67N7O9S/c1-10-25(8)34(47-36(51)29(20-22(2)3)44-37(52)31-12-11-18-48(31)40(55)32(42)23(4)5)39(54)46-33(24(6)7)38(53)45-30(21-26-13-15-27(49)16-14-26)35(50)43-28(41(56)57)17-19-58-9/h13-16,22-25,28-34,49H,10-12,17-21,42H2,1-9H3,(H,43,50)(H,44,52)(H,45,53)(H,46,54)(H,47,51)(H,56,57)/t25-,28-,29-,30-,31-,32-,33-,34-/m0/s1. The summed E-state index contributed by atoms with van der Waals surface area (Å²) in [6.45, 7) is 14.9. The molecule has 0 saturated carbocycles. The zero-order valence-corrected chi connectivity index (χ0v) is 36.3. The molecule has 326 valence electrons. The summed E-state index contributed by atoms with van der Waals surface area (Å²) in [6.07, 6.45) is 3.68. The van der Waals surface area contributed by atoms with Crippen molar-refractivity contribution >= 4 is 53.2 Å². The van der Waals surface area contributed by atoms with E-state index in [2.05, 4.69) is 26.6 Å². The van der Waals surface area contributed by atoms with Crippen LogP contribution < -0.4 is 32.3 Å². The number of carbonyl (C=O) groups is 7. The van der Waals surface area contributed by atoms with Crippen molar-refractivity contribution in [3.8, 4) is 5.75 Å². The molecular formula is C41H67N7O9S. The van der Waals surface area contributed by atoms with E-state index in [4.69, 9.17) is 5.73 Å². The Kier molecular flexibility index (Phi) is 20.5. The van der Waals surface area contributed by atoms with Gasteiger partial charge in [-0.3, -0.25) is 28.8 Å². The van der Waals surface area contributed by atoms with Crippen LogP contribution >= 0.6 is 11.8 Å². The average Bonchev–Trinajstić information content (AvgIpc) is 3.66. The van der Waals surface area contributed by atoms with E-state index in [9.17, 15) is 43.8 Å². The molecule has 0 spiro atoms. The molecule has 1 aromatic carbocycles. The fourth-order valence-corrected chi connectivity index (χ4v) is 7.06. The van der Waals surface area contributed by atoms with Crippen LogP contribution in [0, 0.1) is 23.7 Å². The van der Waals surface area contributed by atoms with Gasteiger partial charge in [-0.25, -0.2) is 4.79 Å². The van der Waals surface area contributed by atoms with Crippen molar-refractivity contribution in [3.05, 3.63) is 29.8 Å². The summed E-state index contributed by atoms with van der Waals surface area (Å²) in [4.78, 5) is 95.7. The molecule has 0 unspecified atom stereocenters. The maximum atomic E-state index is 14.1. The predicted octanol–water partition coefficient (Wildman–Crippen LogP) is 1.92. The van der Waals surface area contributed by atoms with Crippen LogP contribution in [0.3, 0.4) is 0 Å². The van der Waals surface area contributed by atoms with Gasteiger partial charge in [0.15, 0.2) is 0 Å². The lowest BCUT2D eigenvalue weighted by atomic mass is 9.95. The minimum absolute atomic E-state index is 0.000475. The smallest absolute Gasteiger partial charge is 0.326 e. The van der Waals surface area contributed by atoms with Gasteiger partial charge >= 0.3 is 5.97 Å². The molecule has 1 heterocycles. The van der Waals surface area contributed by atoms with E-state index in [1.54, 1.807) is 32.9 Å². The Morgan fingerprint density at radius 3 is 1.90 bits per heavy atom. The summed E-state index contributed by atoms with van der Waals surface area (Å²) in [5.41, 5.74) is 6.71. The Balaban J connectivity index is 2.32. The maximum Gasteiger partial charge on any atom is 0.326 e. The zero-order valence-electron chi connectivity index (χ0n) is 35.5. The third-order valence-corrected chi connectivity index (χ3v) is 11.1. The molecule has 1 aliphatic rings. The van der Waals surface area contributed by atoms with E-state index in [-0.39, 0.29) is 42.8 Å². The molecule has 0 aromatic heterocycles. The van der Waals surface area contributed by atoms with Gasteiger partial charge < -0.3 is 47.4 Å². The Bertz CT molecular complexity index is 1560. The number of nitrogens with two attached hydrogens (primary N) is 1. The van der Waals surface area contributed by atoms with Gasteiger partial charge in [0.05, 0.1) is 6.04 Å². The van der Waals surface area contributed by atoms with E-state index in [0.717, 1.165) is 0 Å². The fraction of sp³-hybridized carbons (Fsp3) is 0.683. The molecule has 9 N–H and O–H groups in total. The molecule has 58 heavy (non-hydrogen) atoms. The maximum absolute atomic E-state index is 14.1. The first-order valence-corrected chi connectivity index (χ1v) is 21.7. The number of carboxylic acid groups (broad SMARTS) is 1. The minimum atomic E-state index is -1.25. The quantitative estimate of drug-likeness (QED) is 0.0791. The van der Waals surface area contributed by atoms with Crippen molar-refractivity contribution < 1.29 is 43.8 Å². The first-order chi connectivity index (χ1) is 27.2. The number of rotatable bonds is 23. The zero-order chi connectivity index (χ0) is 43.9. The highest BCUT2D eigenvalue weighted by molar-refractivity contribution is 7.98. The van der Waals surface area contributed by atoms with Crippen molar-refractivity contribution in [1.82, 2.24) is 31.5 Å². The number of benzene rings is 1. The molecule has 0 radical (unpaired) electrons. The third-order valence-electron chi connectivity index (χ3n) is 10.5. The number of aromatic hydroxyl groups is 1. The largest absolute Gasteiger partial charge is 0.508 e. The number of phenolic OH excluding ortho intramolecular Hbond substituents is 1. The van der Waals surface area contributed by atoms with E-state index >= 15 is 0 Å². The van der Waals surface area contributed by atoms with Gasteiger partial charge in [0.1, 0.15) is 42.0 Å². The van der Waals surface area contributed by atoms with Crippen LogP contribution in [0.4, 0.5) is 0 Å². The summed E-state index contributed by atoms with van der Waals surface area (Å²) < 4.78 is 0. The molecular weight excluding hydrogens is 767 g/mol. The highest BCUT2D eigenvalue weighted by atomic mass is 32.2. The van der Waals surface area contributed by atoms with Crippen LogP contribution in [-0.2, 0) is 40.0 Å². The highest BCUT2D eigenvalue weighted by Gasteiger charge is 2.40. The molecule has 1 aliphatic heterocycles. The molecule has 8 atom stereocenters. The summed E-state index contributed by atoms with van der Waals surface area (Å²) in [5.74, 6) is -5.28. The molecule has 6 amide bonds. The van der Waals surface area contributed by atoms with Crippen molar-refractivity contribution in [2.24, 2.45) is 29.4 Å². The van der Waals surface area contributed by atoms with Crippen LogP contribution in [0.5, 0.6) is 5.75 Å². The van der Waals surface area contributed by atoms with Gasteiger partial charge in [-0.1, -0.05) is 73.9 Å². The van der Waals surface area contributed by atoms with Gasteiger partial charge in [-0.05, 0) is 79.1 Å². The summed E-state index contributed by atoms with van der Waals surface area (Å²) in [7, 11) is 0. The Hall–Kier alpha value is -4.38. The number of phenols is 1. The summed E-state index contributed by atoms with van der Waals surface area (Å²) >= 11 is 1.42. The number of hydrogen-bond donors (Lipinski definition) is 8. The second-order valence-corrected chi connectivity index (χ2v) is 17.4. The summed E-state index contributed by atoms with van der Waals surface area (Å²) in [6, 6.07) is -1.32. The lowest BCUT2D eigenvalue weighted by Gasteiger charge is -2.31. The Morgan fingerprint density at radius 2 is 1.36 bits per heavy atom. The lowest BCUT2D eigenvalue weighted by Crippen LogP contribution is -2.61. The minimum Gasteiger partial charge on any atom is -0.508 e. The normalized spacial score (nSPS) is 17.7. The number of aliphatic carboxylic acids is 1. The second-order valence-electron chi connectivity index (χ2n) is 16.4. The Morgan fingerprint density at radius 1 is 0.793 bits per heavy atom. The van der Waals surface area contributed by atoms with Gasteiger partial charge in [0.2, 0.25) is 35.4 Å². The average molecular weight is 834 g/mol. The second kappa shape index (κ2) is 23.9. The molecule has 2 rings (SSSR count). The van der Waals surface area contributed by atoms with Gasteiger partial charge in [0, 0.05) is 13.0 Å². The number of hydrogen-bond acceptors (Lipinski definition) is 10. The molecule has 16 nitrogen and oxygen atoms in total. The number of amides is 6. The van der Waals surface area contributed by atoms with E-state index in [1.165, 1.54) is 28.8 Å². The first kappa shape index (κ1) is 49.8. The van der Waals surface area contributed by atoms with Crippen LogP contribution in [0.15, 0.2) is 24.3 Å². The van der Waals surface area contributed by atoms with Crippen LogP contribution in [0.2, 0.25) is 0 Å². The molecule has 1 aromatic rings. The fourth-order valence-electron chi connectivity index (χ4n) is 6.59. The number of likely N-dealkylation sites (tertiary alicyclic amines) is 1. The van der Waals surface area contributed by atoms with Crippen LogP contribution in [0.25, 0.3) is 0 Å². The molecule has 1 saturated heterocycles. The lowest BCUT2D eigenvalue weighted by molar-refractivity contribution is -0.142. The molecule has 1 fully saturated rings. The van der Waals surface area contributed by atoms with Crippen molar-refractivity contribution in [2.45, 2.75) is 136 Å². The predicted molar refractivity (Wildman–Crippen MR) is 223 cm³/mol. The monoisotopic (exact) mass is 833 g/mol. The molecule has 17 heteroatoms. The molecule has 0 aliphatic carbocycles. The van der Waals surface area contributed by atoms with Crippen molar-refractivity contribution in [1.29, 1.82) is 0 Å². The first-order valence-electron chi connectivity index (χ1n) is 20.3. The Labute approximate surface area is 347 Å². The SMILES string of the molecule is CC[C@H](C)[C@H](NC(=O)[C@H](CC(C)C)NC(=O)[C@@H]1CCCN1C(=O)[C@@H](N)C(C)C)C(=O)N[C@H](C(=O)N[C@@H](Cc1ccc(O)cc1)C(=O)N[C@@H](CCSC)C(=O)O)C(C)C. The summed E-state index contributed by atoms with van der Waals surface area (Å²) in [5, 5.41) is 33.2. The van der Waals surface area contributed by atoms with E-state index < -0.39 is 89.6 Å². The molecule has 0 bridgehead atoms. The number of nitrogens with zero attached hydrogens (tertiary/aromatic N) is 1. The number of thioether (sulfide) groups is 1.